The van der Waals surface area contributed by atoms with Crippen LogP contribution in [0.1, 0.15) is 38.8 Å². The normalized spacial score (nSPS) is 15.7. The number of anilines is 1. The Balaban J connectivity index is 1.30. The van der Waals surface area contributed by atoms with E-state index < -0.39 is 21.8 Å². The van der Waals surface area contributed by atoms with Gasteiger partial charge >= 0.3 is 0 Å². The molecule has 182 valence electrons. The van der Waals surface area contributed by atoms with E-state index in [1.807, 2.05) is 60.7 Å². The van der Waals surface area contributed by atoms with E-state index in [4.69, 9.17) is 0 Å². The van der Waals surface area contributed by atoms with Gasteiger partial charge in [0.15, 0.2) is 0 Å². The van der Waals surface area contributed by atoms with Gasteiger partial charge in [0.25, 0.3) is 15.9 Å². The maximum absolute atomic E-state index is 13.3. The summed E-state index contributed by atoms with van der Waals surface area (Å²) in [5.74, 6) is -1.18. The van der Waals surface area contributed by atoms with Crippen LogP contribution in [-0.4, -0.2) is 41.3 Å². The first-order valence-electron chi connectivity index (χ1n) is 11.3. The molecule has 2 amide bonds. The van der Waals surface area contributed by atoms with E-state index in [1.165, 1.54) is 35.6 Å². The molecule has 36 heavy (non-hydrogen) atoms. The number of sulfonamides is 1. The van der Waals surface area contributed by atoms with Crippen molar-refractivity contribution in [3.05, 3.63) is 107 Å². The summed E-state index contributed by atoms with van der Waals surface area (Å²) in [6.07, 6.45) is 0.710. The van der Waals surface area contributed by atoms with Crippen molar-refractivity contribution in [1.82, 2.24) is 14.5 Å². The second-order valence-corrected chi connectivity index (χ2v) is 11.3. The third-order valence-corrected chi connectivity index (χ3v) is 8.55. The van der Waals surface area contributed by atoms with Crippen LogP contribution in [0, 0.1) is 0 Å². The van der Waals surface area contributed by atoms with Gasteiger partial charge in [-0.1, -0.05) is 78.1 Å². The molecule has 4 aromatic rings. The van der Waals surface area contributed by atoms with E-state index in [0.717, 1.165) is 20.4 Å². The quantitative estimate of drug-likeness (QED) is 0.395. The Morgan fingerprint density at radius 3 is 2.44 bits per heavy atom. The molecule has 2 heterocycles. The number of carbonyl (C=O) groups is 2. The zero-order chi connectivity index (χ0) is 25.1. The SMILES string of the molecule is O=C(Nc1nnc(Cc2ccccc2)s1)c1cccc(S(=O)(=O)N2CC(c3ccccc3)CC2=O)c1. The van der Waals surface area contributed by atoms with Gasteiger partial charge in [-0.15, -0.1) is 10.2 Å². The van der Waals surface area contributed by atoms with Gasteiger partial charge in [0.1, 0.15) is 5.01 Å². The number of hydrogen-bond acceptors (Lipinski definition) is 7. The van der Waals surface area contributed by atoms with Crippen LogP contribution in [0.15, 0.2) is 89.8 Å². The van der Waals surface area contributed by atoms with Crippen molar-refractivity contribution < 1.29 is 18.0 Å². The Morgan fingerprint density at radius 1 is 0.972 bits per heavy atom. The van der Waals surface area contributed by atoms with Crippen LogP contribution >= 0.6 is 11.3 Å². The van der Waals surface area contributed by atoms with Crippen LogP contribution in [0.25, 0.3) is 0 Å². The van der Waals surface area contributed by atoms with Crippen LogP contribution in [0.2, 0.25) is 0 Å². The molecule has 0 saturated carbocycles. The lowest BCUT2D eigenvalue weighted by molar-refractivity contribution is -0.123. The molecule has 1 aromatic heterocycles. The molecule has 0 spiro atoms. The van der Waals surface area contributed by atoms with Crippen LogP contribution in [0.4, 0.5) is 5.13 Å². The van der Waals surface area contributed by atoms with Gasteiger partial charge in [0.2, 0.25) is 11.0 Å². The molecular weight excluding hydrogens is 496 g/mol. The lowest BCUT2D eigenvalue weighted by Gasteiger charge is -2.17. The van der Waals surface area contributed by atoms with Gasteiger partial charge in [-0.05, 0) is 29.3 Å². The second kappa shape index (κ2) is 10.00. The molecule has 5 rings (SSSR count). The van der Waals surface area contributed by atoms with Gasteiger partial charge in [-0.25, -0.2) is 12.7 Å². The summed E-state index contributed by atoms with van der Waals surface area (Å²) < 4.78 is 27.5. The van der Waals surface area contributed by atoms with Crippen molar-refractivity contribution in [3.63, 3.8) is 0 Å². The zero-order valence-corrected chi connectivity index (χ0v) is 20.7. The van der Waals surface area contributed by atoms with Crippen LogP contribution < -0.4 is 5.32 Å². The van der Waals surface area contributed by atoms with Gasteiger partial charge in [-0.2, -0.15) is 0 Å². The number of aromatic nitrogens is 2. The minimum Gasteiger partial charge on any atom is -0.296 e. The fourth-order valence-electron chi connectivity index (χ4n) is 4.10. The predicted molar refractivity (Wildman–Crippen MR) is 136 cm³/mol. The molecule has 1 aliphatic rings. The van der Waals surface area contributed by atoms with E-state index >= 15 is 0 Å². The fourth-order valence-corrected chi connectivity index (χ4v) is 6.37. The van der Waals surface area contributed by atoms with E-state index in [9.17, 15) is 18.0 Å². The number of nitrogens with one attached hydrogen (secondary N) is 1. The second-order valence-electron chi connectivity index (χ2n) is 8.39. The molecule has 1 saturated heterocycles. The third-order valence-electron chi connectivity index (χ3n) is 5.93. The van der Waals surface area contributed by atoms with E-state index in [-0.39, 0.29) is 29.3 Å². The smallest absolute Gasteiger partial charge is 0.266 e. The summed E-state index contributed by atoms with van der Waals surface area (Å²) in [7, 11) is -4.11. The maximum atomic E-state index is 13.3. The first-order valence-corrected chi connectivity index (χ1v) is 13.5. The topological polar surface area (TPSA) is 109 Å². The standard InChI is InChI=1S/C26H22N4O4S2/c31-24-16-21(19-10-5-2-6-11-19)17-30(24)36(33,34)22-13-7-12-20(15-22)25(32)27-26-29-28-23(35-26)14-18-8-3-1-4-9-18/h1-13,15,21H,14,16-17H2,(H,27,29,32). The summed E-state index contributed by atoms with van der Waals surface area (Å²) >= 11 is 1.25. The minimum absolute atomic E-state index is 0.0661. The Morgan fingerprint density at radius 2 is 1.69 bits per heavy atom. The summed E-state index contributed by atoms with van der Waals surface area (Å²) in [4.78, 5) is 25.3. The average Bonchev–Trinajstić information content (AvgIpc) is 3.51. The van der Waals surface area contributed by atoms with Crippen LogP contribution in [-0.2, 0) is 21.2 Å². The summed E-state index contributed by atoms with van der Waals surface area (Å²) in [6.45, 7) is 0.0661. The number of nitrogens with zero attached hydrogens (tertiary/aromatic N) is 3. The molecule has 0 aliphatic carbocycles. The molecule has 1 fully saturated rings. The Bertz CT molecular complexity index is 1510. The lowest BCUT2D eigenvalue weighted by Crippen LogP contribution is -2.32. The van der Waals surface area contributed by atoms with Crippen LogP contribution in [0.3, 0.4) is 0 Å². The number of carbonyl (C=O) groups excluding carboxylic acids is 2. The Kier molecular flexibility index (Phi) is 6.62. The van der Waals surface area contributed by atoms with Crippen LogP contribution in [0.5, 0.6) is 0 Å². The molecule has 0 bridgehead atoms. The van der Waals surface area contributed by atoms with Gasteiger partial charge in [0, 0.05) is 30.9 Å². The molecular formula is C26H22N4O4S2. The van der Waals surface area contributed by atoms with Gasteiger partial charge < -0.3 is 0 Å². The van der Waals surface area contributed by atoms with Crippen molar-refractivity contribution in [2.75, 3.05) is 11.9 Å². The average molecular weight is 519 g/mol. The molecule has 1 N–H and O–H groups in total. The third kappa shape index (κ3) is 5.05. The van der Waals surface area contributed by atoms with E-state index in [1.54, 1.807) is 0 Å². The van der Waals surface area contributed by atoms with E-state index in [2.05, 4.69) is 15.5 Å². The number of benzene rings is 3. The van der Waals surface area contributed by atoms with Crippen molar-refractivity contribution >= 4 is 38.3 Å². The first-order chi connectivity index (χ1) is 17.4. The molecule has 1 aliphatic heterocycles. The van der Waals surface area contributed by atoms with Crippen molar-refractivity contribution in [1.29, 1.82) is 0 Å². The van der Waals surface area contributed by atoms with Crippen molar-refractivity contribution in [3.8, 4) is 0 Å². The minimum atomic E-state index is -4.11. The maximum Gasteiger partial charge on any atom is 0.266 e. The number of rotatable bonds is 7. The summed E-state index contributed by atoms with van der Waals surface area (Å²) in [5, 5.41) is 11.9. The Hall–Kier alpha value is -3.89. The number of amides is 2. The first kappa shape index (κ1) is 23.8. The molecule has 0 radical (unpaired) electrons. The predicted octanol–water partition coefficient (Wildman–Crippen LogP) is 4.09. The van der Waals surface area contributed by atoms with Gasteiger partial charge in [-0.3, -0.25) is 14.9 Å². The highest BCUT2D eigenvalue weighted by Crippen LogP contribution is 2.32. The fraction of sp³-hybridized carbons (Fsp3) is 0.154. The monoisotopic (exact) mass is 518 g/mol. The van der Waals surface area contributed by atoms with Crippen molar-refractivity contribution in [2.45, 2.75) is 23.7 Å². The summed E-state index contributed by atoms with van der Waals surface area (Å²) in [6, 6.07) is 24.8. The van der Waals surface area contributed by atoms with Gasteiger partial charge in [0.05, 0.1) is 4.90 Å². The molecule has 1 atom stereocenters. The number of hydrogen-bond donors (Lipinski definition) is 1. The highest BCUT2D eigenvalue weighted by atomic mass is 32.2. The largest absolute Gasteiger partial charge is 0.296 e. The molecule has 10 heteroatoms. The highest BCUT2D eigenvalue weighted by Gasteiger charge is 2.39. The molecule has 3 aromatic carbocycles. The van der Waals surface area contributed by atoms with E-state index in [0.29, 0.717) is 11.6 Å². The summed E-state index contributed by atoms with van der Waals surface area (Å²) in [5.41, 5.74) is 2.14. The lowest BCUT2D eigenvalue weighted by atomic mass is 9.99. The highest BCUT2D eigenvalue weighted by molar-refractivity contribution is 7.89. The molecule has 8 nitrogen and oxygen atoms in total. The Labute approximate surface area is 212 Å². The van der Waals surface area contributed by atoms with Crippen molar-refractivity contribution in [2.24, 2.45) is 0 Å². The zero-order valence-electron chi connectivity index (χ0n) is 19.1. The molecule has 1 unspecified atom stereocenters.